The van der Waals surface area contributed by atoms with E-state index in [0.717, 1.165) is 84.1 Å². The van der Waals surface area contributed by atoms with E-state index in [1.165, 1.54) is 5.56 Å². The van der Waals surface area contributed by atoms with Gasteiger partial charge >= 0.3 is 0 Å². The third-order valence-corrected chi connectivity index (χ3v) is 17.8. The van der Waals surface area contributed by atoms with Gasteiger partial charge in [0, 0.05) is 83.6 Å². The SMILES string of the molecule is C.C.C.C.CC.CC.CC.CC.CNC(=O)c1cccc2c1SCCC2=O.CNC(=O)c1cccc2c1SCCC2NC.CNC(=O)c1cccc2c1SCCC2NCl.CNC(=O)c1cccc2c1SCCC2N[S@@](=O)C(C)(C)C. The Kier molecular flexibility index (Phi) is 46.2. The van der Waals surface area contributed by atoms with Crippen LogP contribution in [0.4, 0.5) is 0 Å². The van der Waals surface area contributed by atoms with Crippen LogP contribution in [0.15, 0.2) is 92.4 Å². The first-order valence-corrected chi connectivity index (χ1v) is 31.8. The fourth-order valence-electron chi connectivity index (χ4n) is 7.66. The fourth-order valence-corrected chi connectivity index (χ4v) is 13.6. The van der Waals surface area contributed by atoms with Crippen molar-refractivity contribution in [2.24, 2.45) is 0 Å². The Labute approximate surface area is 509 Å². The summed E-state index contributed by atoms with van der Waals surface area (Å²) in [4.78, 5) is 65.4. The minimum Gasteiger partial charge on any atom is -0.355 e. The zero-order valence-corrected chi connectivity index (χ0v) is 52.5. The van der Waals surface area contributed by atoms with Crippen LogP contribution in [0.3, 0.4) is 0 Å². The molecular formula is C61H102ClN7O6S5. The van der Waals surface area contributed by atoms with Gasteiger partial charge in [-0.05, 0) is 117 Å². The number of ketones is 1. The summed E-state index contributed by atoms with van der Waals surface area (Å²) in [6.45, 7) is 21.9. The molecule has 0 spiro atoms. The third kappa shape index (κ3) is 23.4. The number of benzene rings is 4. The molecule has 4 aromatic rings. The minimum absolute atomic E-state index is 0. The maximum Gasteiger partial charge on any atom is 0.252 e. The van der Waals surface area contributed by atoms with Gasteiger partial charge in [0.1, 0.15) is 0 Å². The maximum atomic E-state index is 12.3. The fraction of sp³-hybridized carbons (Fsp3) is 0.525. The normalized spacial score (nSPS) is 15.8. The van der Waals surface area contributed by atoms with Crippen LogP contribution < -0.4 is 36.1 Å². The Hall–Kier alpha value is -3.85. The molecule has 7 N–H and O–H groups in total. The van der Waals surface area contributed by atoms with E-state index in [1.54, 1.807) is 93.4 Å². The third-order valence-electron chi connectivity index (χ3n) is 11.3. The molecule has 0 aliphatic carbocycles. The smallest absolute Gasteiger partial charge is 0.252 e. The Morgan fingerprint density at radius 1 is 0.487 bits per heavy atom. The van der Waals surface area contributed by atoms with Gasteiger partial charge in [-0.2, -0.15) is 0 Å². The zero-order valence-electron chi connectivity index (χ0n) is 47.7. The Balaban J connectivity index is -0.000000457. The van der Waals surface area contributed by atoms with Gasteiger partial charge in [0.05, 0.1) is 38.0 Å². The minimum atomic E-state index is -1.12. The lowest BCUT2D eigenvalue weighted by atomic mass is 10.0. The lowest BCUT2D eigenvalue weighted by Crippen LogP contribution is -2.37. The summed E-state index contributed by atoms with van der Waals surface area (Å²) in [5, 5.41) is 13.9. The van der Waals surface area contributed by atoms with Crippen molar-refractivity contribution < 1.29 is 28.2 Å². The Morgan fingerprint density at radius 3 is 1.15 bits per heavy atom. The second kappa shape index (κ2) is 44.7. The average Bonchev–Trinajstić information content (AvgIpc) is 3.47. The second-order valence-electron chi connectivity index (χ2n) is 16.7. The number of halogens is 1. The highest BCUT2D eigenvalue weighted by atomic mass is 35.5. The number of nitrogens with one attached hydrogen (secondary N) is 7. The summed E-state index contributed by atoms with van der Waals surface area (Å²) in [7, 11) is 7.40. The number of hydrogen-bond donors (Lipinski definition) is 7. The van der Waals surface area contributed by atoms with E-state index in [1.807, 2.05) is 132 Å². The van der Waals surface area contributed by atoms with Crippen molar-refractivity contribution in [3.05, 3.63) is 117 Å². The first kappa shape index (κ1) is 82.6. The van der Waals surface area contributed by atoms with Gasteiger partial charge in [-0.1, -0.05) is 134 Å². The van der Waals surface area contributed by atoms with Gasteiger partial charge in [0.25, 0.3) is 23.6 Å². The van der Waals surface area contributed by atoms with E-state index in [0.29, 0.717) is 29.2 Å². The Bertz CT molecular complexity index is 2420. The van der Waals surface area contributed by atoms with E-state index >= 15 is 0 Å². The van der Waals surface area contributed by atoms with Gasteiger partial charge in [-0.15, -0.1) is 47.0 Å². The van der Waals surface area contributed by atoms with E-state index in [4.69, 9.17) is 11.8 Å². The van der Waals surface area contributed by atoms with Crippen LogP contribution in [0.2, 0.25) is 0 Å². The van der Waals surface area contributed by atoms with Crippen LogP contribution in [-0.2, 0) is 11.0 Å². The van der Waals surface area contributed by atoms with Crippen molar-refractivity contribution >= 4 is 99.2 Å². The number of rotatable bonds is 8. The highest BCUT2D eigenvalue weighted by molar-refractivity contribution is 8.00. The zero-order chi connectivity index (χ0) is 57.5. The monoisotopic (exact) mass is 1220 g/mol. The van der Waals surface area contributed by atoms with Crippen molar-refractivity contribution in [2.45, 2.75) is 174 Å². The summed E-state index contributed by atoms with van der Waals surface area (Å²) in [6, 6.07) is 23.3. The number of carbonyl (C=O) groups excluding carboxylic acids is 5. The largest absolute Gasteiger partial charge is 0.355 e. The van der Waals surface area contributed by atoms with Crippen LogP contribution in [-0.4, -0.2) is 96.6 Å². The number of fused-ring (bicyclic) bond motifs is 4. The van der Waals surface area contributed by atoms with Crippen molar-refractivity contribution in [3.63, 3.8) is 0 Å². The molecule has 454 valence electrons. The molecule has 4 atom stereocenters. The van der Waals surface area contributed by atoms with Gasteiger partial charge in [0.2, 0.25) is 0 Å². The van der Waals surface area contributed by atoms with Gasteiger partial charge in [-0.3, -0.25) is 24.0 Å². The number of amides is 4. The highest BCUT2D eigenvalue weighted by Gasteiger charge is 2.30. The molecule has 4 amide bonds. The lowest BCUT2D eigenvalue weighted by molar-refractivity contribution is 0.0949. The molecule has 3 unspecified atom stereocenters. The predicted molar refractivity (Wildman–Crippen MR) is 355 cm³/mol. The van der Waals surface area contributed by atoms with E-state index in [2.05, 4.69) is 42.2 Å². The van der Waals surface area contributed by atoms with Crippen molar-refractivity contribution in [2.75, 3.05) is 58.2 Å². The molecule has 4 aromatic carbocycles. The molecule has 0 bridgehead atoms. The van der Waals surface area contributed by atoms with Crippen LogP contribution in [0.25, 0.3) is 0 Å². The summed E-state index contributed by atoms with van der Waals surface area (Å²) in [6.07, 6.45) is 3.58. The standard InChI is InChI=1S/C15H22N2O2S2.C12H16N2OS.C11H13ClN2OS.C11H11NO2S.4C2H6.4CH4/c1-15(2,3)21(19)17-12-8-9-20-13-10(12)6-5-7-11(13)14(18)16-4;1-13-10-6-7-16-11-8(10)4-3-5-9(11)12(15)14-2;1-13-11(15)8-4-2-3-7-9(14-12)5-6-16-10(7)8;1-12-11(14)8-4-2-3-7-9(13)5-6-15-10(7)8;4*1-2;;;;/h5-7,12,17H,8-9H2,1-4H3,(H,16,18);3-5,10,13H,6-7H2,1-2H3,(H,14,15);2-4,9,14H,5-6H2,1H3,(H,13,15);2-4H,5-6H2,1H3,(H,12,14);4*1-2H3;4*1H4/t12?,21-;;;;;;;;;;;/m0.........../s1. The number of hydrogen-bond acceptors (Lipinski definition) is 12. The summed E-state index contributed by atoms with van der Waals surface area (Å²) >= 11 is 12.5. The first-order chi connectivity index (χ1) is 36.6. The molecule has 0 fully saturated rings. The van der Waals surface area contributed by atoms with Gasteiger partial charge < -0.3 is 26.6 Å². The molecular weight excluding hydrogens is 1120 g/mol. The highest BCUT2D eigenvalue weighted by Crippen LogP contribution is 2.41. The molecule has 13 nitrogen and oxygen atoms in total. The van der Waals surface area contributed by atoms with Gasteiger partial charge in [-0.25, -0.2) is 13.8 Å². The topological polar surface area (TPSA) is 187 Å². The number of thioether (sulfide) groups is 4. The molecule has 0 saturated carbocycles. The molecule has 0 aromatic heterocycles. The summed E-state index contributed by atoms with van der Waals surface area (Å²) in [5.74, 6) is 3.61. The number of carbonyl (C=O) groups is 5. The second-order valence-corrected chi connectivity index (χ2v) is 23.3. The summed E-state index contributed by atoms with van der Waals surface area (Å²) < 4.78 is 15.3. The molecule has 4 heterocycles. The first-order valence-electron chi connectivity index (χ1n) is 26.3. The predicted octanol–water partition coefficient (Wildman–Crippen LogP) is 15.1. The molecule has 19 heteroatoms. The molecule has 8 rings (SSSR count). The molecule has 0 saturated heterocycles. The van der Waals surface area contributed by atoms with E-state index < -0.39 is 11.0 Å². The van der Waals surface area contributed by atoms with Crippen LogP contribution in [0, 0.1) is 0 Å². The molecule has 4 aliphatic rings. The lowest BCUT2D eigenvalue weighted by Gasteiger charge is -2.29. The van der Waals surface area contributed by atoms with Crippen molar-refractivity contribution in [1.82, 2.24) is 36.1 Å². The van der Waals surface area contributed by atoms with E-state index in [-0.39, 0.29) is 75.9 Å². The van der Waals surface area contributed by atoms with E-state index in [9.17, 15) is 28.2 Å². The maximum absolute atomic E-state index is 12.3. The van der Waals surface area contributed by atoms with Crippen molar-refractivity contribution in [1.29, 1.82) is 0 Å². The molecule has 4 aliphatic heterocycles. The quantitative estimate of drug-likeness (QED) is 0.0829. The molecule has 80 heavy (non-hydrogen) atoms. The van der Waals surface area contributed by atoms with Crippen LogP contribution in [0.5, 0.6) is 0 Å². The van der Waals surface area contributed by atoms with Crippen LogP contribution in [0.1, 0.15) is 218 Å². The summed E-state index contributed by atoms with van der Waals surface area (Å²) in [5.41, 5.74) is 6.97. The van der Waals surface area contributed by atoms with Gasteiger partial charge in [0.15, 0.2) is 5.78 Å². The molecule has 0 radical (unpaired) electrons. The van der Waals surface area contributed by atoms with Crippen molar-refractivity contribution in [3.8, 4) is 0 Å². The average molecular weight is 1230 g/mol. The number of Topliss-reactive ketones (excluding diaryl/α,β-unsaturated/α-hetero) is 1. The Morgan fingerprint density at radius 2 is 0.800 bits per heavy atom. The van der Waals surface area contributed by atoms with Crippen LogP contribution >= 0.6 is 58.8 Å².